The molecule has 0 amide bonds. The van der Waals surface area contributed by atoms with Crippen LogP contribution in [0, 0.1) is 0 Å². The molecule has 3 aromatic rings. The lowest BCUT2D eigenvalue weighted by Crippen LogP contribution is -2.11. The van der Waals surface area contributed by atoms with Gasteiger partial charge in [0.25, 0.3) is 5.78 Å². The van der Waals surface area contributed by atoms with E-state index in [1.807, 2.05) is 12.1 Å². The van der Waals surface area contributed by atoms with Crippen LogP contribution in [-0.4, -0.2) is 19.6 Å². The van der Waals surface area contributed by atoms with Crippen LogP contribution in [0.15, 0.2) is 29.1 Å². The van der Waals surface area contributed by atoms with Gasteiger partial charge in [0.2, 0.25) is 0 Å². The Morgan fingerprint density at radius 1 is 1.22 bits per heavy atom. The number of hydrogen-bond donors (Lipinski definition) is 0. The molecule has 0 radical (unpaired) electrons. The van der Waals surface area contributed by atoms with Crippen molar-refractivity contribution in [1.29, 1.82) is 0 Å². The predicted octanol–water partition coefficient (Wildman–Crippen LogP) is 2.26. The van der Waals surface area contributed by atoms with Gasteiger partial charge in [0.1, 0.15) is 12.0 Å². The summed E-state index contributed by atoms with van der Waals surface area (Å²) in [4.78, 5) is 8.79. The third kappa shape index (κ3) is 1.30. The normalized spacial score (nSPS) is 14.9. The van der Waals surface area contributed by atoms with Gasteiger partial charge < -0.3 is 4.42 Å². The van der Waals surface area contributed by atoms with Crippen LogP contribution in [0.1, 0.15) is 24.1 Å². The fraction of sp³-hybridized carbons (Fsp3) is 0.308. The van der Waals surface area contributed by atoms with Crippen molar-refractivity contribution in [2.45, 2.75) is 25.7 Å². The van der Waals surface area contributed by atoms with E-state index in [2.05, 4.69) is 15.1 Å². The molecule has 3 aromatic heterocycles. The van der Waals surface area contributed by atoms with Gasteiger partial charge in [-0.25, -0.2) is 4.98 Å². The Labute approximate surface area is 103 Å². The molecule has 0 spiro atoms. The van der Waals surface area contributed by atoms with Crippen LogP contribution in [-0.2, 0) is 12.8 Å². The first kappa shape index (κ1) is 9.82. The summed E-state index contributed by atoms with van der Waals surface area (Å²) in [5.41, 5.74) is 3.42. The zero-order valence-electron chi connectivity index (χ0n) is 9.83. The van der Waals surface area contributed by atoms with E-state index in [0.717, 1.165) is 30.0 Å². The Hall–Kier alpha value is -2.17. The van der Waals surface area contributed by atoms with Crippen LogP contribution in [0.25, 0.3) is 17.2 Å². The maximum Gasteiger partial charge on any atom is 0.253 e. The fourth-order valence-corrected chi connectivity index (χ4v) is 2.65. The second kappa shape index (κ2) is 3.66. The van der Waals surface area contributed by atoms with Gasteiger partial charge in [-0.05, 0) is 37.8 Å². The zero-order chi connectivity index (χ0) is 11.9. The summed E-state index contributed by atoms with van der Waals surface area (Å²) in [7, 11) is 0. The molecule has 5 heteroatoms. The fourth-order valence-electron chi connectivity index (χ4n) is 2.65. The Morgan fingerprint density at radius 3 is 3.06 bits per heavy atom. The van der Waals surface area contributed by atoms with Crippen LogP contribution in [0.2, 0.25) is 0 Å². The summed E-state index contributed by atoms with van der Waals surface area (Å²) in [6, 6.07) is 3.86. The molecule has 0 atom stereocenters. The van der Waals surface area contributed by atoms with E-state index in [-0.39, 0.29) is 0 Å². The number of nitrogens with zero attached hydrogens (tertiary/aromatic N) is 4. The van der Waals surface area contributed by atoms with Crippen molar-refractivity contribution in [3.8, 4) is 11.5 Å². The average Bonchev–Trinajstić information content (AvgIpc) is 3.06. The van der Waals surface area contributed by atoms with Gasteiger partial charge in [-0.2, -0.15) is 14.6 Å². The third-order valence-electron chi connectivity index (χ3n) is 3.46. The van der Waals surface area contributed by atoms with Crippen LogP contribution in [0.3, 0.4) is 0 Å². The smallest absolute Gasteiger partial charge is 0.253 e. The van der Waals surface area contributed by atoms with Gasteiger partial charge >= 0.3 is 0 Å². The van der Waals surface area contributed by atoms with Gasteiger partial charge in [-0.3, -0.25) is 0 Å². The van der Waals surface area contributed by atoms with Crippen LogP contribution < -0.4 is 0 Å². The molecule has 1 aliphatic rings. The highest BCUT2D eigenvalue weighted by Crippen LogP contribution is 2.30. The predicted molar refractivity (Wildman–Crippen MR) is 65.1 cm³/mol. The maximum absolute atomic E-state index is 5.55. The molecule has 18 heavy (non-hydrogen) atoms. The van der Waals surface area contributed by atoms with Crippen molar-refractivity contribution in [2.24, 2.45) is 0 Å². The van der Waals surface area contributed by atoms with E-state index >= 15 is 0 Å². The van der Waals surface area contributed by atoms with Gasteiger partial charge in [0.05, 0.1) is 6.26 Å². The van der Waals surface area contributed by atoms with E-state index in [0.29, 0.717) is 5.78 Å². The summed E-state index contributed by atoms with van der Waals surface area (Å²) < 4.78 is 7.33. The number of rotatable bonds is 1. The SMILES string of the molecule is c1coc(-c2c3c(nc4ncnn24)CCCC3)c1. The zero-order valence-corrected chi connectivity index (χ0v) is 9.83. The molecule has 0 bridgehead atoms. The number of aromatic nitrogens is 4. The maximum atomic E-state index is 5.55. The van der Waals surface area contributed by atoms with E-state index in [4.69, 9.17) is 4.42 Å². The second-order valence-corrected chi connectivity index (χ2v) is 4.54. The third-order valence-corrected chi connectivity index (χ3v) is 3.46. The molecule has 0 saturated heterocycles. The lowest BCUT2D eigenvalue weighted by atomic mass is 9.94. The molecular formula is C13H12N4O. The Kier molecular flexibility index (Phi) is 2.00. The first-order chi connectivity index (χ1) is 8.93. The van der Waals surface area contributed by atoms with Gasteiger partial charge in [-0.15, -0.1) is 0 Å². The topological polar surface area (TPSA) is 56.2 Å². The molecule has 5 nitrogen and oxygen atoms in total. The molecule has 0 fully saturated rings. The average molecular weight is 240 g/mol. The number of aryl methyl sites for hydroxylation is 1. The van der Waals surface area contributed by atoms with Gasteiger partial charge in [0, 0.05) is 11.3 Å². The van der Waals surface area contributed by atoms with Crippen molar-refractivity contribution in [3.63, 3.8) is 0 Å². The van der Waals surface area contributed by atoms with Crippen LogP contribution in [0.5, 0.6) is 0 Å². The molecule has 3 heterocycles. The minimum absolute atomic E-state index is 0.655. The molecule has 4 rings (SSSR count). The van der Waals surface area contributed by atoms with E-state index in [9.17, 15) is 0 Å². The minimum atomic E-state index is 0.655. The van der Waals surface area contributed by atoms with Crippen molar-refractivity contribution in [3.05, 3.63) is 36.0 Å². The van der Waals surface area contributed by atoms with Crippen molar-refractivity contribution < 1.29 is 4.42 Å². The number of fused-ring (bicyclic) bond motifs is 2. The molecule has 0 aromatic carbocycles. The summed E-state index contributed by atoms with van der Waals surface area (Å²) in [5.74, 6) is 1.49. The molecular weight excluding hydrogens is 228 g/mol. The van der Waals surface area contributed by atoms with Gasteiger partial charge in [0.15, 0.2) is 5.76 Å². The second-order valence-electron chi connectivity index (χ2n) is 4.54. The van der Waals surface area contributed by atoms with E-state index < -0.39 is 0 Å². The molecule has 0 unspecified atom stereocenters. The highest BCUT2D eigenvalue weighted by atomic mass is 16.3. The Balaban J connectivity index is 2.11. The van der Waals surface area contributed by atoms with Crippen LogP contribution >= 0.6 is 0 Å². The van der Waals surface area contributed by atoms with E-state index in [1.165, 1.54) is 18.4 Å². The largest absolute Gasteiger partial charge is 0.463 e. The number of furan rings is 1. The highest BCUT2D eigenvalue weighted by Gasteiger charge is 2.21. The van der Waals surface area contributed by atoms with E-state index in [1.54, 1.807) is 17.1 Å². The summed E-state index contributed by atoms with van der Waals surface area (Å²) >= 11 is 0. The molecule has 90 valence electrons. The quantitative estimate of drug-likeness (QED) is 0.654. The molecule has 0 N–H and O–H groups in total. The molecule has 0 aliphatic heterocycles. The minimum Gasteiger partial charge on any atom is -0.463 e. The first-order valence-electron chi connectivity index (χ1n) is 6.19. The first-order valence-corrected chi connectivity index (χ1v) is 6.19. The lowest BCUT2D eigenvalue weighted by Gasteiger charge is -2.17. The summed E-state index contributed by atoms with van der Waals surface area (Å²) in [6.45, 7) is 0. The summed E-state index contributed by atoms with van der Waals surface area (Å²) in [5, 5.41) is 4.27. The Bertz CT molecular complexity index is 699. The summed E-state index contributed by atoms with van der Waals surface area (Å²) in [6.07, 6.45) is 7.68. The lowest BCUT2D eigenvalue weighted by molar-refractivity contribution is 0.572. The number of hydrogen-bond acceptors (Lipinski definition) is 4. The Morgan fingerprint density at radius 2 is 2.17 bits per heavy atom. The highest BCUT2D eigenvalue weighted by molar-refractivity contribution is 5.62. The molecule has 0 saturated carbocycles. The van der Waals surface area contributed by atoms with Crippen molar-refractivity contribution >= 4 is 5.78 Å². The monoisotopic (exact) mass is 240 g/mol. The standard InChI is InChI=1S/C13H12N4O/c1-2-5-10-9(4-1)12(11-6-3-7-18-11)17-13(16-10)14-8-15-17/h3,6-8H,1-2,4-5H2. The van der Waals surface area contributed by atoms with Crippen molar-refractivity contribution in [2.75, 3.05) is 0 Å². The molecule has 1 aliphatic carbocycles. The van der Waals surface area contributed by atoms with Gasteiger partial charge in [-0.1, -0.05) is 0 Å². The van der Waals surface area contributed by atoms with Crippen LogP contribution in [0.4, 0.5) is 0 Å². The van der Waals surface area contributed by atoms with Crippen molar-refractivity contribution in [1.82, 2.24) is 19.6 Å².